The Hall–Kier alpha value is -1.64. The molecule has 0 spiro atoms. The van der Waals surface area contributed by atoms with Crippen molar-refractivity contribution in [3.05, 3.63) is 71.8 Å². The first-order chi connectivity index (χ1) is 9.81. The van der Waals surface area contributed by atoms with Gasteiger partial charge in [0, 0.05) is 6.04 Å². The molecule has 0 bridgehead atoms. The van der Waals surface area contributed by atoms with E-state index in [0.29, 0.717) is 6.04 Å². The topological polar surface area (TPSA) is 12.5 Å². The second-order valence-electron chi connectivity index (χ2n) is 5.30. The zero-order chi connectivity index (χ0) is 13.9. The number of likely N-dealkylation sites (N-methyl/N-ethyl adjacent to an activating group) is 1. The van der Waals surface area contributed by atoms with Gasteiger partial charge in [-0.3, -0.25) is 4.90 Å². The van der Waals surface area contributed by atoms with Crippen LogP contribution in [0.2, 0.25) is 0 Å². The summed E-state index contributed by atoms with van der Waals surface area (Å²) in [6, 6.07) is 21.4. The fourth-order valence-electron chi connectivity index (χ4n) is 3.06. The van der Waals surface area contributed by atoms with Crippen LogP contribution in [-0.2, 0) is 4.74 Å². The van der Waals surface area contributed by atoms with Gasteiger partial charge in [0.15, 0.2) is 0 Å². The minimum Gasteiger partial charge on any atom is -0.349 e. The van der Waals surface area contributed by atoms with Gasteiger partial charge in [-0.15, -0.1) is 0 Å². The highest BCUT2D eigenvalue weighted by atomic mass is 16.5. The molecule has 1 fully saturated rings. The van der Waals surface area contributed by atoms with Crippen molar-refractivity contribution in [1.82, 2.24) is 4.90 Å². The minimum absolute atomic E-state index is 0.0569. The van der Waals surface area contributed by atoms with E-state index in [1.54, 1.807) is 0 Å². The lowest BCUT2D eigenvalue weighted by atomic mass is 10.0. The van der Waals surface area contributed by atoms with Crippen molar-refractivity contribution >= 4 is 0 Å². The number of ether oxygens (including phenoxy) is 1. The smallest absolute Gasteiger partial charge is 0.138 e. The van der Waals surface area contributed by atoms with E-state index >= 15 is 0 Å². The van der Waals surface area contributed by atoms with Crippen LogP contribution in [0.3, 0.4) is 0 Å². The van der Waals surface area contributed by atoms with Crippen molar-refractivity contribution in [2.24, 2.45) is 0 Å². The van der Waals surface area contributed by atoms with Gasteiger partial charge in [-0.1, -0.05) is 67.6 Å². The molecule has 2 heteroatoms. The fourth-order valence-corrected chi connectivity index (χ4v) is 3.06. The molecule has 0 amide bonds. The molecule has 1 heterocycles. The normalized spacial score (nSPS) is 26.8. The largest absolute Gasteiger partial charge is 0.349 e. The van der Waals surface area contributed by atoms with Crippen LogP contribution in [-0.4, -0.2) is 17.5 Å². The van der Waals surface area contributed by atoms with Crippen LogP contribution in [0.15, 0.2) is 60.7 Å². The summed E-state index contributed by atoms with van der Waals surface area (Å²) in [7, 11) is 0. The molecule has 3 atom stereocenters. The van der Waals surface area contributed by atoms with Crippen LogP contribution in [0.25, 0.3) is 0 Å². The summed E-state index contributed by atoms with van der Waals surface area (Å²) >= 11 is 0. The average Bonchev–Trinajstić information content (AvgIpc) is 2.86. The molecule has 0 saturated carbocycles. The highest BCUT2D eigenvalue weighted by Crippen LogP contribution is 2.41. The molecular weight excluding hydrogens is 246 g/mol. The maximum absolute atomic E-state index is 6.38. The predicted octanol–water partition coefficient (Wildman–Crippen LogP) is 4.17. The highest BCUT2D eigenvalue weighted by Gasteiger charge is 2.39. The maximum atomic E-state index is 6.38. The van der Waals surface area contributed by atoms with E-state index in [-0.39, 0.29) is 12.3 Å². The summed E-state index contributed by atoms with van der Waals surface area (Å²) in [5.74, 6) is 0. The molecule has 104 valence electrons. The van der Waals surface area contributed by atoms with Crippen LogP contribution >= 0.6 is 0 Å². The molecule has 2 aromatic carbocycles. The number of benzene rings is 2. The van der Waals surface area contributed by atoms with Crippen molar-refractivity contribution in [1.29, 1.82) is 0 Å². The molecule has 0 N–H and O–H groups in total. The van der Waals surface area contributed by atoms with E-state index in [9.17, 15) is 0 Å². The van der Waals surface area contributed by atoms with E-state index in [2.05, 4.69) is 73.3 Å². The van der Waals surface area contributed by atoms with Gasteiger partial charge in [0.25, 0.3) is 0 Å². The van der Waals surface area contributed by atoms with E-state index in [1.807, 2.05) is 6.07 Å². The monoisotopic (exact) mass is 267 g/mol. The third-order valence-electron chi connectivity index (χ3n) is 4.12. The third-order valence-corrected chi connectivity index (χ3v) is 4.12. The quantitative estimate of drug-likeness (QED) is 0.827. The predicted molar refractivity (Wildman–Crippen MR) is 81.3 cm³/mol. The Labute approximate surface area is 121 Å². The maximum Gasteiger partial charge on any atom is 0.138 e. The van der Waals surface area contributed by atoms with Crippen molar-refractivity contribution in [2.75, 3.05) is 6.54 Å². The molecule has 1 saturated heterocycles. The zero-order valence-corrected chi connectivity index (χ0v) is 12.1. The standard InChI is InChI=1S/C18H21NO/c1-3-19-14(2)17(15-10-6-4-7-11-15)20-18(19)16-12-8-5-9-13-16/h4-14,17-18H,3H2,1-2H3. The molecule has 1 aliphatic heterocycles. The van der Waals surface area contributed by atoms with Gasteiger partial charge in [-0.05, 0) is 24.6 Å². The van der Waals surface area contributed by atoms with Crippen molar-refractivity contribution < 1.29 is 4.74 Å². The Morgan fingerprint density at radius 1 is 0.900 bits per heavy atom. The average molecular weight is 267 g/mol. The van der Waals surface area contributed by atoms with Gasteiger partial charge in [-0.25, -0.2) is 0 Å². The minimum atomic E-state index is 0.0569. The van der Waals surface area contributed by atoms with Crippen molar-refractivity contribution in [2.45, 2.75) is 32.2 Å². The molecule has 2 aromatic rings. The summed E-state index contributed by atoms with van der Waals surface area (Å²) < 4.78 is 6.38. The van der Waals surface area contributed by atoms with E-state index in [4.69, 9.17) is 4.74 Å². The second kappa shape index (κ2) is 5.78. The second-order valence-corrected chi connectivity index (χ2v) is 5.30. The van der Waals surface area contributed by atoms with Gasteiger partial charge in [0.2, 0.25) is 0 Å². The van der Waals surface area contributed by atoms with Crippen molar-refractivity contribution in [3.8, 4) is 0 Å². The molecule has 3 unspecified atom stereocenters. The molecule has 0 radical (unpaired) electrons. The van der Waals surface area contributed by atoms with Gasteiger partial charge in [0.1, 0.15) is 12.3 Å². The van der Waals surface area contributed by atoms with Gasteiger partial charge < -0.3 is 4.74 Å². The van der Waals surface area contributed by atoms with Crippen LogP contribution in [0, 0.1) is 0 Å². The number of hydrogen-bond donors (Lipinski definition) is 0. The molecule has 0 aliphatic carbocycles. The molecule has 20 heavy (non-hydrogen) atoms. The molecule has 0 aromatic heterocycles. The first-order valence-corrected chi connectivity index (χ1v) is 7.32. The Morgan fingerprint density at radius 2 is 1.45 bits per heavy atom. The lowest BCUT2D eigenvalue weighted by Crippen LogP contribution is -2.31. The van der Waals surface area contributed by atoms with Gasteiger partial charge in [-0.2, -0.15) is 0 Å². The summed E-state index contributed by atoms with van der Waals surface area (Å²) in [5.41, 5.74) is 2.50. The first kappa shape index (κ1) is 13.3. The SMILES string of the molecule is CCN1C(c2ccccc2)OC(c2ccccc2)C1C. The van der Waals surface area contributed by atoms with Crippen molar-refractivity contribution in [3.63, 3.8) is 0 Å². The number of rotatable bonds is 3. The Balaban J connectivity index is 1.90. The van der Waals surface area contributed by atoms with Gasteiger partial charge >= 0.3 is 0 Å². The molecule has 1 aliphatic rings. The van der Waals surface area contributed by atoms with Gasteiger partial charge in [0.05, 0.1) is 0 Å². The zero-order valence-electron chi connectivity index (χ0n) is 12.1. The third kappa shape index (κ3) is 2.37. The molecular formula is C18H21NO. The van der Waals surface area contributed by atoms with Crippen LogP contribution in [0.4, 0.5) is 0 Å². The van der Waals surface area contributed by atoms with E-state index in [1.165, 1.54) is 11.1 Å². The Bertz CT molecular complexity index is 540. The van der Waals surface area contributed by atoms with Crippen LogP contribution < -0.4 is 0 Å². The van der Waals surface area contributed by atoms with Crippen LogP contribution in [0.5, 0.6) is 0 Å². The lowest BCUT2D eigenvalue weighted by Gasteiger charge is -2.25. The number of nitrogens with zero attached hydrogens (tertiary/aromatic N) is 1. The van der Waals surface area contributed by atoms with Crippen LogP contribution in [0.1, 0.15) is 37.3 Å². The summed E-state index contributed by atoms with van der Waals surface area (Å²) in [5, 5.41) is 0. The molecule has 3 rings (SSSR count). The van der Waals surface area contributed by atoms with E-state index < -0.39 is 0 Å². The lowest BCUT2D eigenvalue weighted by molar-refractivity contribution is -0.000727. The summed E-state index contributed by atoms with van der Waals surface area (Å²) in [6.07, 6.45) is 0.197. The summed E-state index contributed by atoms with van der Waals surface area (Å²) in [6.45, 7) is 5.44. The Kier molecular flexibility index (Phi) is 3.86. The van der Waals surface area contributed by atoms with E-state index in [0.717, 1.165) is 6.54 Å². The Morgan fingerprint density at radius 3 is 2.00 bits per heavy atom. The number of hydrogen-bond acceptors (Lipinski definition) is 2. The first-order valence-electron chi connectivity index (χ1n) is 7.32. The summed E-state index contributed by atoms with van der Waals surface area (Å²) in [4.78, 5) is 2.42. The fraction of sp³-hybridized carbons (Fsp3) is 0.333. The highest BCUT2D eigenvalue weighted by molar-refractivity contribution is 5.23. The molecule has 2 nitrogen and oxygen atoms in total.